The highest BCUT2D eigenvalue weighted by molar-refractivity contribution is 6.05. The summed E-state index contributed by atoms with van der Waals surface area (Å²) in [6.07, 6.45) is 0. The van der Waals surface area contributed by atoms with Crippen molar-refractivity contribution in [2.45, 2.75) is 0 Å². The number of fused-ring (bicyclic) bond motifs is 1. The van der Waals surface area contributed by atoms with E-state index in [9.17, 15) is 9.59 Å². The number of carbonyl (C=O) groups excluding carboxylic acids is 2. The molecule has 0 saturated carbocycles. The topological polar surface area (TPSA) is 91.5 Å². The molecule has 23 heavy (non-hydrogen) atoms. The van der Waals surface area contributed by atoms with Gasteiger partial charge in [-0.15, -0.1) is 0 Å². The molecular weight excluding hydrogens is 300 g/mol. The highest BCUT2D eigenvalue weighted by Gasteiger charge is 2.30. The number of hydrogen-bond donors (Lipinski definition) is 0. The van der Waals surface area contributed by atoms with E-state index in [4.69, 9.17) is 9.26 Å². The van der Waals surface area contributed by atoms with E-state index in [2.05, 4.69) is 14.9 Å². The molecule has 0 radical (unpaired) electrons. The van der Waals surface area contributed by atoms with Crippen molar-refractivity contribution in [1.82, 2.24) is 10.1 Å². The molecule has 0 unspecified atom stereocenters. The average Bonchev–Trinajstić information content (AvgIpc) is 3.05. The minimum atomic E-state index is -0.815. The lowest BCUT2D eigenvalue weighted by Gasteiger charge is -2.03. The summed E-state index contributed by atoms with van der Waals surface area (Å²) in [5.74, 6) is -1.88. The molecule has 0 aliphatic heterocycles. The van der Waals surface area contributed by atoms with Crippen molar-refractivity contribution in [1.29, 1.82) is 0 Å². The molecule has 7 heteroatoms. The first kappa shape index (κ1) is 14.7. The van der Waals surface area contributed by atoms with E-state index in [1.807, 2.05) is 30.3 Å². The fourth-order valence-electron chi connectivity index (χ4n) is 2.19. The first-order valence-corrected chi connectivity index (χ1v) is 6.68. The molecule has 0 aliphatic carbocycles. The summed E-state index contributed by atoms with van der Waals surface area (Å²) in [7, 11) is 2.38. The minimum absolute atomic E-state index is 0.109. The van der Waals surface area contributed by atoms with Crippen LogP contribution in [-0.2, 0) is 9.47 Å². The van der Waals surface area contributed by atoms with Crippen LogP contribution < -0.4 is 0 Å². The Balaban J connectivity index is 2.19. The zero-order chi connectivity index (χ0) is 16.4. The molecular formula is C16H12N2O5. The average molecular weight is 312 g/mol. The van der Waals surface area contributed by atoms with Crippen molar-refractivity contribution in [3.63, 3.8) is 0 Å². The number of hydrogen-bond acceptors (Lipinski definition) is 7. The molecule has 0 fully saturated rings. The SMILES string of the molecule is COC(=O)c1onc(-c2ccc3ccccc3n2)c1C(=O)OC. The number of ether oxygens (including phenoxy) is 2. The van der Waals surface area contributed by atoms with Crippen molar-refractivity contribution in [2.24, 2.45) is 0 Å². The number of esters is 2. The van der Waals surface area contributed by atoms with E-state index in [1.54, 1.807) is 6.07 Å². The third-order valence-corrected chi connectivity index (χ3v) is 3.29. The predicted molar refractivity (Wildman–Crippen MR) is 79.9 cm³/mol. The Labute approximate surface area is 130 Å². The lowest BCUT2D eigenvalue weighted by atomic mass is 10.1. The van der Waals surface area contributed by atoms with Crippen molar-refractivity contribution in [2.75, 3.05) is 14.2 Å². The van der Waals surface area contributed by atoms with Crippen molar-refractivity contribution in [3.05, 3.63) is 47.7 Å². The van der Waals surface area contributed by atoms with Crippen LogP contribution in [0.3, 0.4) is 0 Å². The van der Waals surface area contributed by atoms with Crippen LogP contribution in [0.1, 0.15) is 20.9 Å². The Morgan fingerprint density at radius 2 is 1.74 bits per heavy atom. The highest BCUT2D eigenvalue weighted by atomic mass is 16.6. The molecule has 7 nitrogen and oxygen atoms in total. The van der Waals surface area contributed by atoms with E-state index in [-0.39, 0.29) is 17.0 Å². The van der Waals surface area contributed by atoms with E-state index < -0.39 is 11.9 Å². The molecule has 2 heterocycles. The maximum absolute atomic E-state index is 12.0. The van der Waals surface area contributed by atoms with Crippen LogP contribution in [0.4, 0.5) is 0 Å². The van der Waals surface area contributed by atoms with E-state index in [0.717, 1.165) is 10.9 Å². The molecule has 1 aromatic carbocycles. The number of nitrogens with zero attached hydrogens (tertiary/aromatic N) is 2. The molecule has 3 aromatic rings. The van der Waals surface area contributed by atoms with Crippen LogP contribution >= 0.6 is 0 Å². The molecule has 0 aliphatic rings. The molecule has 0 spiro atoms. The predicted octanol–water partition coefficient (Wildman–Crippen LogP) is 2.46. The second-order valence-corrected chi connectivity index (χ2v) is 4.61. The number of pyridine rings is 1. The van der Waals surface area contributed by atoms with Gasteiger partial charge in [-0.2, -0.15) is 0 Å². The normalized spacial score (nSPS) is 10.5. The summed E-state index contributed by atoms with van der Waals surface area (Å²) in [5, 5.41) is 4.73. The Hall–Kier alpha value is -3.22. The van der Waals surface area contributed by atoms with Crippen LogP contribution in [0.25, 0.3) is 22.3 Å². The highest BCUT2D eigenvalue weighted by Crippen LogP contribution is 2.27. The van der Waals surface area contributed by atoms with Gasteiger partial charge in [0.2, 0.25) is 0 Å². The van der Waals surface area contributed by atoms with Gasteiger partial charge in [0.1, 0.15) is 11.3 Å². The van der Waals surface area contributed by atoms with Gasteiger partial charge in [0.05, 0.1) is 25.4 Å². The Kier molecular flexibility index (Phi) is 3.76. The van der Waals surface area contributed by atoms with Crippen molar-refractivity contribution in [3.8, 4) is 11.4 Å². The number of para-hydroxylation sites is 1. The maximum Gasteiger partial charge on any atom is 0.377 e. The minimum Gasteiger partial charge on any atom is -0.465 e. The van der Waals surface area contributed by atoms with Gasteiger partial charge >= 0.3 is 11.9 Å². The Morgan fingerprint density at radius 1 is 1.00 bits per heavy atom. The number of carbonyl (C=O) groups is 2. The van der Waals surface area contributed by atoms with Crippen LogP contribution in [0.15, 0.2) is 40.9 Å². The van der Waals surface area contributed by atoms with Gasteiger partial charge < -0.3 is 14.0 Å². The van der Waals surface area contributed by atoms with E-state index in [0.29, 0.717) is 5.69 Å². The van der Waals surface area contributed by atoms with Gasteiger partial charge in [0, 0.05) is 5.39 Å². The molecule has 0 saturated heterocycles. The van der Waals surface area contributed by atoms with Crippen LogP contribution in [0.5, 0.6) is 0 Å². The summed E-state index contributed by atoms with van der Waals surface area (Å²) in [6.45, 7) is 0. The lowest BCUT2D eigenvalue weighted by Crippen LogP contribution is -2.10. The summed E-state index contributed by atoms with van der Waals surface area (Å²) in [6, 6.07) is 11.0. The van der Waals surface area contributed by atoms with E-state index in [1.165, 1.54) is 14.2 Å². The number of methoxy groups -OCH3 is 2. The summed E-state index contributed by atoms with van der Waals surface area (Å²) in [4.78, 5) is 28.2. The Bertz CT molecular complexity index is 900. The fourth-order valence-corrected chi connectivity index (χ4v) is 2.19. The molecule has 0 atom stereocenters. The fraction of sp³-hybridized carbons (Fsp3) is 0.125. The molecule has 0 bridgehead atoms. The lowest BCUT2D eigenvalue weighted by molar-refractivity contribution is 0.0521. The van der Waals surface area contributed by atoms with Crippen LogP contribution in [-0.4, -0.2) is 36.3 Å². The van der Waals surface area contributed by atoms with E-state index >= 15 is 0 Å². The molecule has 0 N–H and O–H groups in total. The second-order valence-electron chi connectivity index (χ2n) is 4.61. The van der Waals surface area contributed by atoms with Crippen molar-refractivity contribution >= 4 is 22.8 Å². The maximum atomic E-state index is 12.0. The van der Waals surface area contributed by atoms with Gasteiger partial charge in [-0.1, -0.05) is 29.4 Å². The summed E-state index contributed by atoms with van der Waals surface area (Å²) < 4.78 is 14.3. The van der Waals surface area contributed by atoms with Gasteiger partial charge in [-0.25, -0.2) is 14.6 Å². The van der Waals surface area contributed by atoms with Crippen molar-refractivity contribution < 1.29 is 23.6 Å². The molecule has 3 rings (SSSR count). The first-order chi connectivity index (χ1) is 11.2. The molecule has 0 amide bonds. The number of aromatic nitrogens is 2. The smallest absolute Gasteiger partial charge is 0.377 e. The standard InChI is InChI=1S/C16H12N2O5/c1-21-15(19)12-13(18-23-14(12)16(20)22-2)11-8-7-9-5-3-4-6-10(9)17-11/h3-8H,1-2H3. The summed E-state index contributed by atoms with van der Waals surface area (Å²) in [5.41, 5.74) is 1.14. The largest absolute Gasteiger partial charge is 0.465 e. The van der Waals surface area contributed by atoms with Gasteiger partial charge in [0.25, 0.3) is 5.76 Å². The number of rotatable bonds is 3. The first-order valence-electron chi connectivity index (χ1n) is 6.68. The number of benzene rings is 1. The Morgan fingerprint density at radius 3 is 2.48 bits per heavy atom. The quantitative estimate of drug-likeness (QED) is 0.686. The zero-order valence-electron chi connectivity index (χ0n) is 12.4. The van der Waals surface area contributed by atoms with Gasteiger partial charge in [-0.05, 0) is 12.1 Å². The third kappa shape index (κ3) is 2.52. The summed E-state index contributed by atoms with van der Waals surface area (Å²) >= 11 is 0. The van der Waals surface area contributed by atoms with Crippen LogP contribution in [0, 0.1) is 0 Å². The molecule has 116 valence electrons. The second kappa shape index (κ2) is 5.88. The van der Waals surface area contributed by atoms with Crippen LogP contribution in [0.2, 0.25) is 0 Å². The molecule has 2 aromatic heterocycles. The van der Waals surface area contributed by atoms with Gasteiger partial charge in [-0.3, -0.25) is 0 Å². The zero-order valence-corrected chi connectivity index (χ0v) is 12.4. The van der Waals surface area contributed by atoms with Gasteiger partial charge in [0.15, 0.2) is 0 Å². The monoisotopic (exact) mass is 312 g/mol. The third-order valence-electron chi connectivity index (χ3n) is 3.29.